The molecule has 0 aromatic carbocycles. The Morgan fingerprint density at radius 2 is 1.90 bits per heavy atom. The number of hydrogen-bond acceptors (Lipinski definition) is 5. The van der Waals surface area contributed by atoms with Gasteiger partial charge in [0.1, 0.15) is 18.7 Å². The van der Waals surface area contributed by atoms with Crippen molar-refractivity contribution in [3.63, 3.8) is 0 Å². The quantitative estimate of drug-likeness (QED) is 0.711. The van der Waals surface area contributed by atoms with Crippen molar-refractivity contribution < 1.29 is 23.9 Å². The fourth-order valence-electron chi connectivity index (χ4n) is 1.72. The van der Waals surface area contributed by atoms with Crippen molar-refractivity contribution in [2.45, 2.75) is 33.3 Å². The zero-order valence-corrected chi connectivity index (χ0v) is 12.5. The van der Waals surface area contributed by atoms with E-state index in [1.54, 1.807) is 27.7 Å². The Bertz CT molecular complexity index is 389. The van der Waals surface area contributed by atoms with Crippen LogP contribution in [0.25, 0.3) is 0 Å². The lowest BCUT2D eigenvalue weighted by Gasteiger charge is -2.34. The molecular weight excluding hydrogens is 264 g/mol. The van der Waals surface area contributed by atoms with Crippen LogP contribution in [0.15, 0.2) is 0 Å². The highest BCUT2D eigenvalue weighted by Crippen LogP contribution is 2.12. The first-order valence-electron chi connectivity index (χ1n) is 6.64. The molecule has 0 aromatic heterocycles. The summed E-state index contributed by atoms with van der Waals surface area (Å²) in [4.78, 5) is 37.8. The highest BCUT2D eigenvalue weighted by Gasteiger charge is 2.31. The second-order valence-electron chi connectivity index (χ2n) is 5.52. The van der Waals surface area contributed by atoms with E-state index >= 15 is 0 Å². The summed E-state index contributed by atoms with van der Waals surface area (Å²) in [6.45, 7) is 7.79. The van der Waals surface area contributed by atoms with Gasteiger partial charge in [-0.05, 0) is 27.7 Å². The average Bonchev–Trinajstić information content (AvgIpc) is 2.29. The van der Waals surface area contributed by atoms with Crippen LogP contribution >= 0.6 is 0 Å². The minimum atomic E-state index is -0.595. The van der Waals surface area contributed by atoms with E-state index in [2.05, 4.69) is 0 Å². The maximum absolute atomic E-state index is 11.9. The van der Waals surface area contributed by atoms with Crippen molar-refractivity contribution in [1.29, 1.82) is 0 Å². The summed E-state index contributed by atoms with van der Waals surface area (Å²) < 4.78 is 10.0. The van der Waals surface area contributed by atoms with E-state index < -0.39 is 17.7 Å². The van der Waals surface area contributed by atoms with Gasteiger partial charge in [0.25, 0.3) is 0 Å². The Kier molecular flexibility index (Phi) is 5.35. The average molecular weight is 286 g/mol. The molecule has 20 heavy (non-hydrogen) atoms. The summed E-state index contributed by atoms with van der Waals surface area (Å²) >= 11 is 0. The maximum Gasteiger partial charge on any atom is 0.410 e. The van der Waals surface area contributed by atoms with Gasteiger partial charge in [-0.1, -0.05) is 0 Å². The first kappa shape index (κ1) is 16.3. The summed E-state index contributed by atoms with van der Waals surface area (Å²) in [6.07, 6.45) is -0.512. The Labute approximate surface area is 118 Å². The molecule has 1 aliphatic rings. The van der Waals surface area contributed by atoms with Crippen LogP contribution in [0.4, 0.5) is 4.79 Å². The molecule has 0 saturated carbocycles. The second kappa shape index (κ2) is 6.58. The zero-order chi connectivity index (χ0) is 15.3. The molecule has 1 fully saturated rings. The Hall–Kier alpha value is -1.79. The van der Waals surface area contributed by atoms with Crippen molar-refractivity contribution >= 4 is 18.0 Å². The summed E-state index contributed by atoms with van der Waals surface area (Å²) in [5.74, 6) is -0.721. The SMILES string of the molecule is CCOC(=O)CN1CCN(C(=O)OC(C)(C)C)CC1=O. The molecule has 1 heterocycles. The standard InChI is InChI=1S/C13H22N2O5/c1-5-19-11(17)9-14-6-7-15(8-10(14)16)12(18)20-13(2,3)4/h5-9H2,1-4H3. The lowest BCUT2D eigenvalue weighted by Crippen LogP contribution is -2.54. The van der Waals surface area contributed by atoms with Crippen molar-refractivity contribution in [1.82, 2.24) is 9.80 Å². The molecule has 0 bridgehead atoms. The lowest BCUT2D eigenvalue weighted by atomic mass is 10.2. The van der Waals surface area contributed by atoms with E-state index in [1.807, 2.05) is 0 Å². The predicted molar refractivity (Wildman–Crippen MR) is 71.0 cm³/mol. The molecule has 1 aliphatic heterocycles. The summed E-state index contributed by atoms with van der Waals surface area (Å²) in [5.41, 5.74) is -0.595. The fraction of sp³-hybridized carbons (Fsp3) is 0.769. The van der Waals surface area contributed by atoms with Crippen molar-refractivity contribution in [3.8, 4) is 0 Å². The molecule has 0 radical (unpaired) electrons. The summed E-state index contributed by atoms with van der Waals surface area (Å²) in [5, 5.41) is 0. The van der Waals surface area contributed by atoms with Gasteiger partial charge >= 0.3 is 12.1 Å². The number of amides is 2. The normalized spacial score (nSPS) is 16.1. The van der Waals surface area contributed by atoms with Crippen molar-refractivity contribution in [3.05, 3.63) is 0 Å². The van der Waals surface area contributed by atoms with Crippen molar-refractivity contribution in [2.24, 2.45) is 0 Å². The molecule has 1 saturated heterocycles. The topological polar surface area (TPSA) is 76.2 Å². The van der Waals surface area contributed by atoms with Gasteiger partial charge in [-0.3, -0.25) is 14.5 Å². The van der Waals surface area contributed by atoms with Crippen LogP contribution in [-0.4, -0.2) is 66.2 Å². The number of carbonyl (C=O) groups is 3. The minimum Gasteiger partial charge on any atom is -0.465 e. The molecule has 0 atom stereocenters. The third-order valence-electron chi connectivity index (χ3n) is 2.60. The zero-order valence-electron chi connectivity index (χ0n) is 12.5. The minimum absolute atomic E-state index is 0.0746. The largest absolute Gasteiger partial charge is 0.465 e. The maximum atomic E-state index is 11.9. The first-order chi connectivity index (χ1) is 9.23. The van der Waals surface area contributed by atoms with Gasteiger partial charge in [-0.2, -0.15) is 0 Å². The molecule has 0 unspecified atom stereocenters. The third-order valence-corrected chi connectivity index (χ3v) is 2.60. The molecule has 7 heteroatoms. The Morgan fingerprint density at radius 3 is 2.40 bits per heavy atom. The smallest absolute Gasteiger partial charge is 0.410 e. The predicted octanol–water partition coefficient (Wildman–Crippen LogP) is 0.629. The van der Waals surface area contributed by atoms with Crippen molar-refractivity contribution in [2.75, 3.05) is 32.8 Å². The van der Waals surface area contributed by atoms with Crippen LogP contribution < -0.4 is 0 Å². The number of nitrogens with zero attached hydrogens (tertiary/aromatic N) is 2. The number of ether oxygens (including phenoxy) is 2. The van der Waals surface area contributed by atoms with Gasteiger partial charge in [0.05, 0.1) is 6.61 Å². The van der Waals surface area contributed by atoms with E-state index in [1.165, 1.54) is 9.80 Å². The molecule has 0 N–H and O–H groups in total. The second-order valence-corrected chi connectivity index (χ2v) is 5.52. The van der Waals surface area contributed by atoms with Crippen LogP contribution in [-0.2, 0) is 19.1 Å². The summed E-state index contributed by atoms with van der Waals surface area (Å²) in [6, 6.07) is 0. The number of piperazine rings is 1. The van der Waals surface area contributed by atoms with Gasteiger partial charge in [-0.25, -0.2) is 4.79 Å². The molecule has 0 aromatic rings. The van der Waals surface area contributed by atoms with Crippen LogP contribution in [0, 0.1) is 0 Å². The van der Waals surface area contributed by atoms with Gasteiger partial charge in [0.15, 0.2) is 0 Å². The lowest BCUT2D eigenvalue weighted by molar-refractivity contribution is -0.150. The Morgan fingerprint density at radius 1 is 1.25 bits per heavy atom. The molecule has 7 nitrogen and oxygen atoms in total. The van der Waals surface area contributed by atoms with Crippen LogP contribution in [0.1, 0.15) is 27.7 Å². The van der Waals surface area contributed by atoms with Crippen LogP contribution in [0.5, 0.6) is 0 Å². The van der Waals surface area contributed by atoms with Crippen LogP contribution in [0.2, 0.25) is 0 Å². The highest BCUT2D eigenvalue weighted by molar-refractivity contribution is 5.86. The van der Waals surface area contributed by atoms with E-state index in [9.17, 15) is 14.4 Å². The highest BCUT2D eigenvalue weighted by atomic mass is 16.6. The van der Waals surface area contributed by atoms with E-state index in [4.69, 9.17) is 9.47 Å². The number of rotatable bonds is 3. The van der Waals surface area contributed by atoms with E-state index in [0.717, 1.165) is 0 Å². The number of hydrogen-bond donors (Lipinski definition) is 0. The fourth-order valence-corrected chi connectivity index (χ4v) is 1.72. The van der Waals surface area contributed by atoms with Gasteiger partial charge < -0.3 is 14.4 Å². The van der Waals surface area contributed by atoms with Gasteiger partial charge in [0.2, 0.25) is 5.91 Å². The molecule has 2 amide bonds. The molecule has 0 spiro atoms. The van der Waals surface area contributed by atoms with E-state index in [0.29, 0.717) is 13.1 Å². The molecule has 114 valence electrons. The Balaban J connectivity index is 2.49. The monoisotopic (exact) mass is 286 g/mol. The molecule has 1 rings (SSSR count). The van der Waals surface area contributed by atoms with Crippen LogP contribution in [0.3, 0.4) is 0 Å². The number of esters is 1. The molecule has 0 aliphatic carbocycles. The van der Waals surface area contributed by atoms with Gasteiger partial charge in [0, 0.05) is 13.1 Å². The third kappa shape index (κ3) is 5.07. The number of carbonyl (C=O) groups excluding carboxylic acids is 3. The first-order valence-corrected chi connectivity index (χ1v) is 6.64. The van der Waals surface area contributed by atoms with Gasteiger partial charge in [-0.15, -0.1) is 0 Å². The molecular formula is C13H22N2O5. The van der Waals surface area contributed by atoms with E-state index in [-0.39, 0.29) is 25.6 Å². The summed E-state index contributed by atoms with van der Waals surface area (Å²) in [7, 11) is 0.